The summed E-state index contributed by atoms with van der Waals surface area (Å²) in [5.41, 5.74) is 1.98. The van der Waals surface area contributed by atoms with E-state index in [9.17, 15) is 4.79 Å². The van der Waals surface area contributed by atoms with Crippen LogP contribution in [0.2, 0.25) is 0 Å². The maximum Gasteiger partial charge on any atom is 0.344 e. The summed E-state index contributed by atoms with van der Waals surface area (Å²) in [5, 5.41) is 0. The third kappa shape index (κ3) is 6.14. The molecule has 0 spiro atoms. The highest BCUT2D eigenvalue weighted by atomic mass is 32.2. The van der Waals surface area contributed by atoms with Gasteiger partial charge in [0.15, 0.2) is 21.3 Å². The van der Waals surface area contributed by atoms with Gasteiger partial charge in [0.1, 0.15) is 11.4 Å². The second-order valence-corrected chi connectivity index (χ2v) is 10.3. The van der Waals surface area contributed by atoms with E-state index in [0.29, 0.717) is 5.75 Å². The van der Waals surface area contributed by atoms with E-state index in [-0.39, 0.29) is 23.5 Å². The predicted octanol–water partition coefficient (Wildman–Crippen LogP) is 6.12. The largest absolute Gasteiger partial charge is 0.482 e. The number of aryl methyl sites for hydroxylation is 2. The molecule has 0 aliphatic carbocycles. The first-order valence-corrected chi connectivity index (χ1v) is 11.3. The van der Waals surface area contributed by atoms with E-state index in [2.05, 4.69) is 74.5 Å². The fourth-order valence-corrected chi connectivity index (χ4v) is 5.34. The quantitative estimate of drug-likeness (QED) is 0.355. The number of benzene rings is 3. The fourth-order valence-electron chi connectivity index (χ4n) is 3.08. The maximum absolute atomic E-state index is 11.9. The first kappa shape index (κ1) is 22.0. The van der Waals surface area contributed by atoms with Crippen LogP contribution in [0.25, 0.3) is 0 Å². The van der Waals surface area contributed by atoms with Crippen molar-refractivity contribution in [1.82, 2.24) is 0 Å². The minimum absolute atomic E-state index is 0.0991. The summed E-state index contributed by atoms with van der Waals surface area (Å²) in [6.45, 7) is 9.67. The van der Waals surface area contributed by atoms with Crippen molar-refractivity contribution in [3.8, 4) is 5.75 Å². The zero-order valence-electron chi connectivity index (χ0n) is 18.3. The molecular weight excluding hydrogens is 392 g/mol. The van der Waals surface area contributed by atoms with Gasteiger partial charge in [-0.05, 0) is 94.3 Å². The van der Waals surface area contributed by atoms with Crippen LogP contribution >= 0.6 is 0 Å². The van der Waals surface area contributed by atoms with Crippen molar-refractivity contribution >= 4 is 16.9 Å². The molecule has 30 heavy (non-hydrogen) atoms. The molecule has 3 rings (SSSR count). The molecule has 0 heterocycles. The first-order chi connectivity index (χ1) is 14.2. The summed E-state index contributed by atoms with van der Waals surface area (Å²) in [6.07, 6.45) is 0. The summed E-state index contributed by atoms with van der Waals surface area (Å²) in [4.78, 5) is 15.7. The van der Waals surface area contributed by atoms with Crippen molar-refractivity contribution in [3.05, 3.63) is 83.9 Å². The number of carbonyl (C=O) groups is 1. The molecule has 0 aliphatic rings. The van der Waals surface area contributed by atoms with Gasteiger partial charge in [0, 0.05) is 0 Å². The maximum atomic E-state index is 11.9. The Hall–Kier alpha value is -2.72. The van der Waals surface area contributed by atoms with Gasteiger partial charge in [0.05, 0.1) is 10.9 Å². The lowest BCUT2D eigenvalue weighted by molar-refractivity contribution is -0.157. The normalized spacial score (nSPS) is 11.4. The van der Waals surface area contributed by atoms with Gasteiger partial charge in [-0.25, -0.2) is 4.79 Å². The fraction of sp³-hybridized carbons (Fsp3) is 0.269. The number of ether oxygens (including phenoxy) is 2. The Bertz CT molecular complexity index is 958. The van der Waals surface area contributed by atoms with E-state index < -0.39 is 5.60 Å². The van der Waals surface area contributed by atoms with Crippen molar-refractivity contribution < 1.29 is 14.3 Å². The van der Waals surface area contributed by atoms with Gasteiger partial charge in [0.2, 0.25) is 0 Å². The highest BCUT2D eigenvalue weighted by molar-refractivity contribution is 7.97. The number of hydrogen-bond donors (Lipinski definition) is 0. The molecule has 156 valence electrons. The highest BCUT2D eigenvalue weighted by Gasteiger charge is 2.29. The predicted molar refractivity (Wildman–Crippen MR) is 122 cm³/mol. The van der Waals surface area contributed by atoms with E-state index >= 15 is 0 Å². The molecule has 3 nitrogen and oxygen atoms in total. The number of carbonyl (C=O) groups excluding carboxylic acids is 1. The Balaban J connectivity index is 1.83. The second-order valence-electron chi connectivity index (χ2n) is 8.29. The minimum atomic E-state index is -0.514. The van der Waals surface area contributed by atoms with Crippen LogP contribution in [0.1, 0.15) is 31.9 Å². The van der Waals surface area contributed by atoms with Crippen LogP contribution in [0.3, 0.4) is 0 Å². The minimum Gasteiger partial charge on any atom is -0.482 e. The van der Waals surface area contributed by atoms with Crippen molar-refractivity contribution in [2.75, 3.05) is 6.61 Å². The molecule has 3 aromatic carbocycles. The standard InChI is InChI=1S/C26H29O3S/c1-19-8-6-10-23(16-19)30(24-11-7-9-20(2)17-24)22-14-12-21(13-15-22)28-18-25(27)29-26(3,4)5/h6-17H,18H2,1-5H3/q+1. The van der Waals surface area contributed by atoms with Crippen molar-refractivity contribution in [2.24, 2.45) is 0 Å². The molecule has 0 atom stereocenters. The van der Waals surface area contributed by atoms with Crippen LogP contribution < -0.4 is 4.74 Å². The average Bonchev–Trinajstić information content (AvgIpc) is 2.66. The first-order valence-electron chi connectivity index (χ1n) is 10.0. The van der Waals surface area contributed by atoms with Crippen LogP contribution in [0.15, 0.2) is 87.5 Å². The van der Waals surface area contributed by atoms with E-state index in [4.69, 9.17) is 9.47 Å². The SMILES string of the molecule is Cc1cccc([S+](c2ccc(OCC(=O)OC(C)(C)C)cc2)c2cccc(C)c2)c1. The van der Waals surface area contributed by atoms with Gasteiger partial charge >= 0.3 is 5.97 Å². The molecule has 0 N–H and O–H groups in total. The second kappa shape index (κ2) is 9.40. The Morgan fingerprint density at radius 1 is 0.800 bits per heavy atom. The van der Waals surface area contributed by atoms with Gasteiger partial charge in [-0.15, -0.1) is 0 Å². The van der Waals surface area contributed by atoms with Crippen molar-refractivity contribution in [1.29, 1.82) is 0 Å². The smallest absolute Gasteiger partial charge is 0.344 e. The molecule has 0 unspecified atom stereocenters. The lowest BCUT2D eigenvalue weighted by atomic mass is 10.2. The molecule has 0 aliphatic heterocycles. The highest BCUT2D eigenvalue weighted by Crippen LogP contribution is 2.33. The van der Waals surface area contributed by atoms with Crippen LogP contribution in [-0.4, -0.2) is 18.2 Å². The summed E-state index contributed by atoms with van der Waals surface area (Å²) in [6, 6.07) is 25.3. The topological polar surface area (TPSA) is 35.5 Å². The molecule has 0 amide bonds. The Morgan fingerprint density at radius 3 is 1.80 bits per heavy atom. The van der Waals surface area contributed by atoms with E-state index in [0.717, 1.165) is 0 Å². The van der Waals surface area contributed by atoms with E-state index in [1.807, 2.05) is 32.9 Å². The zero-order valence-corrected chi connectivity index (χ0v) is 19.1. The van der Waals surface area contributed by atoms with Crippen LogP contribution in [0.5, 0.6) is 5.75 Å². The monoisotopic (exact) mass is 421 g/mol. The molecular formula is C26H29O3S+. The van der Waals surface area contributed by atoms with Crippen molar-refractivity contribution in [2.45, 2.75) is 54.9 Å². The van der Waals surface area contributed by atoms with Crippen LogP contribution in [0.4, 0.5) is 0 Å². The number of esters is 1. The van der Waals surface area contributed by atoms with Crippen LogP contribution in [-0.2, 0) is 20.4 Å². The van der Waals surface area contributed by atoms with Gasteiger partial charge in [0.25, 0.3) is 0 Å². The van der Waals surface area contributed by atoms with Gasteiger partial charge < -0.3 is 9.47 Å². The molecule has 3 aromatic rings. The van der Waals surface area contributed by atoms with E-state index in [1.54, 1.807) is 0 Å². The lowest BCUT2D eigenvalue weighted by Gasteiger charge is -2.19. The third-order valence-corrected chi connectivity index (χ3v) is 6.48. The average molecular weight is 422 g/mol. The number of rotatable bonds is 6. The van der Waals surface area contributed by atoms with Gasteiger partial charge in [-0.1, -0.05) is 24.3 Å². The molecule has 4 heteroatoms. The summed E-state index contributed by atoms with van der Waals surface area (Å²) in [5.74, 6) is 0.285. The molecule has 0 bridgehead atoms. The molecule has 0 saturated heterocycles. The Morgan fingerprint density at radius 2 is 1.33 bits per heavy atom. The zero-order chi connectivity index (χ0) is 21.7. The van der Waals surface area contributed by atoms with Crippen molar-refractivity contribution in [3.63, 3.8) is 0 Å². The number of hydrogen-bond acceptors (Lipinski definition) is 3. The summed E-state index contributed by atoms with van der Waals surface area (Å²) >= 11 is 0. The van der Waals surface area contributed by atoms with Gasteiger partial charge in [-0.3, -0.25) is 0 Å². The molecule has 0 saturated carbocycles. The molecule has 0 radical (unpaired) electrons. The van der Waals surface area contributed by atoms with Gasteiger partial charge in [-0.2, -0.15) is 0 Å². The van der Waals surface area contributed by atoms with E-state index in [1.165, 1.54) is 25.8 Å². The Kier molecular flexibility index (Phi) is 6.88. The lowest BCUT2D eigenvalue weighted by Crippen LogP contribution is -2.27. The summed E-state index contributed by atoms with van der Waals surface area (Å²) in [7, 11) is -0.217. The third-order valence-electron chi connectivity index (χ3n) is 4.29. The Labute approximate surface area is 182 Å². The van der Waals surface area contributed by atoms with Crippen LogP contribution in [0, 0.1) is 13.8 Å². The molecule has 0 fully saturated rings. The summed E-state index contributed by atoms with van der Waals surface area (Å²) < 4.78 is 10.9. The molecule has 0 aromatic heterocycles.